The zero-order chi connectivity index (χ0) is 15.6. The lowest BCUT2D eigenvalue weighted by atomic mass is 9.82. The number of unbranched alkanes of at least 4 members (excludes halogenated alkanes) is 1. The first-order valence-corrected chi connectivity index (χ1v) is 8.60. The highest BCUT2D eigenvalue weighted by atomic mass is 16.5. The molecule has 0 radical (unpaired) electrons. The summed E-state index contributed by atoms with van der Waals surface area (Å²) in [5.41, 5.74) is 2.13. The highest BCUT2D eigenvalue weighted by Crippen LogP contribution is 2.34. The molecule has 1 aliphatic carbocycles. The third kappa shape index (κ3) is 5.31. The Kier molecular flexibility index (Phi) is 7.19. The Bertz CT molecular complexity index is 489. The van der Waals surface area contributed by atoms with E-state index in [1.165, 1.54) is 18.4 Å². The van der Waals surface area contributed by atoms with Crippen LogP contribution in [0.1, 0.15) is 68.9 Å². The van der Waals surface area contributed by atoms with Gasteiger partial charge in [0.2, 0.25) is 0 Å². The quantitative estimate of drug-likeness (QED) is 0.502. The van der Waals surface area contributed by atoms with Crippen LogP contribution in [0.5, 0.6) is 0 Å². The molecule has 1 aromatic rings. The molecular weight excluding hydrogens is 270 g/mol. The average Bonchev–Trinajstić information content (AvgIpc) is 2.59. The van der Waals surface area contributed by atoms with Crippen molar-refractivity contribution in [3.8, 4) is 6.07 Å². The van der Waals surface area contributed by atoms with E-state index in [9.17, 15) is 0 Å². The summed E-state index contributed by atoms with van der Waals surface area (Å²) in [6.07, 6.45) is 13.0. The fourth-order valence-electron chi connectivity index (χ4n) is 3.13. The van der Waals surface area contributed by atoms with Gasteiger partial charge in [0.1, 0.15) is 0 Å². The number of rotatable bonds is 7. The van der Waals surface area contributed by atoms with E-state index in [0.29, 0.717) is 12.0 Å². The van der Waals surface area contributed by atoms with Crippen LogP contribution in [0.4, 0.5) is 0 Å². The molecule has 1 aliphatic rings. The molecule has 0 aliphatic heterocycles. The fourth-order valence-corrected chi connectivity index (χ4v) is 3.13. The van der Waals surface area contributed by atoms with Crippen LogP contribution >= 0.6 is 0 Å². The molecule has 2 rings (SSSR count). The molecule has 118 valence electrons. The van der Waals surface area contributed by atoms with Crippen molar-refractivity contribution in [1.29, 1.82) is 5.26 Å². The molecule has 0 N–H and O–H groups in total. The summed E-state index contributed by atoms with van der Waals surface area (Å²) in [6, 6.07) is 10.3. The van der Waals surface area contributed by atoms with Crippen LogP contribution in [0, 0.1) is 11.3 Å². The third-order valence-corrected chi connectivity index (χ3v) is 4.46. The zero-order valence-corrected chi connectivity index (χ0v) is 13.6. The second kappa shape index (κ2) is 9.43. The van der Waals surface area contributed by atoms with Gasteiger partial charge in [0, 0.05) is 6.61 Å². The van der Waals surface area contributed by atoms with E-state index in [0.717, 1.165) is 44.3 Å². The average molecular weight is 297 g/mol. The van der Waals surface area contributed by atoms with Crippen molar-refractivity contribution in [3.05, 3.63) is 47.5 Å². The highest BCUT2D eigenvalue weighted by molar-refractivity contribution is 5.33. The minimum Gasteiger partial charge on any atom is -0.378 e. The summed E-state index contributed by atoms with van der Waals surface area (Å²) in [4.78, 5) is 0. The maximum atomic E-state index is 8.85. The third-order valence-electron chi connectivity index (χ3n) is 4.46. The van der Waals surface area contributed by atoms with Gasteiger partial charge in [-0.3, -0.25) is 0 Å². The summed E-state index contributed by atoms with van der Waals surface area (Å²) < 4.78 is 6.01. The van der Waals surface area contributed by atoms with Crippen molar-refractivity contribution in [2.24, 2.45) is 0 Å². The van der Waals surface area contributed by atoms with E-state index in [1.807, 2.05) is 12.1 Å². The Hall–Kier alpha value is -1.59. The molecule has 0 heterocycles. The fraction of sp³-hybridized carbons (Fsp3) is 0.550. The van der Waals surface area contributed by atoms with Gasteiger partial charge in [0.15, 0.2) is 0 Å². The topological polar surface area (TPSA) is 33.0 Å². The lowest BCUT2D eigenvalue weighted by molar-refractivity contribution is 0.0238. The Balaban J connectivity index is 1.67. The number of nitrogens with zero attached hydrogens (tertiary/aromatic N) is 1. The predicted octanol–water partition coefficient (Wildman–Crippen LogP) is 5.35. The first-order chi connectivity index (χ1) is 10.8. The van der Waals surface area contributed by atoms with Gasteiger partial charge >= 0.3 is 0 Å². The molecule has 0 unspecified atom stereocenters. The second-order valence-corrected chi connectivity index (χ2v) is 6.10. The van der Waals surface area contributed by atoms with E-state index in [4.69, 9.17) is 10.00 Å². The Morgan fingerprint density at radius 2 is 1.86 bits per heavy atom. The van der Waals surface area contributed by atoms with E-state index in [1.54, 1.807) is 0 Å². The lowest BCUT2D eigenvalue weighted by Gasteiger charge is -2.29. The Morgan fingerprint density at radius 3 is 2.50 bits per heavy atom. The lowest BCUT2D eigenvalue weighted by Crippen LogP contribution is -2.21. The minimum atomic E-state index is 0.449. The Morgan fingerprint density at radius 1 is 1.14 bits per heavy atom. The standard InChI is InChI=1S/C20H27NO/c1-2-3-4-5-6-15-22-20-13-11-19(12-14-20)18-9-7-17(16-21)8-10-18/h3-4,7-10,19-20H,2,5-6,11-15H2,1H3/b4-3+. The number of hydrogen-bond donors (Lipinski definition) is 0. The molecule has 0 bridgehead atoms. The van der Waals surface area contributed by atoms with Crippen LogP contribution in [0.15, 0.2) is 36.4 Å². The summed E-state index contributed by atoms with van der Waals surface area (Å²) in [7, 11) is 0. The van der Waals surface area contributed by atoms with Gasteiger partial charge < -0.3 is 4.74 Å². The normalized spacial score (nSPS) is 21.8. The van der Waals surface area contributed by atoms with Crippen LogP contribution in [0.2, 0.25) is 0 Å². The SMILES string of the molecule is CC/C=C/CCCOC1CCC(c2ccc(C#N)cc2)CC1. The predicted molar refractivity (Wildman–Crippen MR) is 90.8 cm³/mol. The van der Waals surface area contributed by atoms with Crippen molar-refractivity contribution < 1.29 is 4.74 Å². The first-order valence-electron chi connectivity index (χ1n) is 8.60. The molecule has 0 amide bonds. The van der Waals surface area contributed by atoms with Crippen molar-refractivity contribution in [2.45, 2.75) is 63.9 Å². The minimum absolute atomic E-state index is 0.449. The van der Waals surface area contributed by atoms with Crippen LogP contribution in [0.25, 0.3) is 0 Å². The maximum Gasteiger partial charge on any atom is 0.0991 e. The molecule has 0 aromatic heterocycles. The largest absolute Gasteiger partial charge is 0.378 e. The van der Waals surface area contributed by atoms with Gasteiger partial charge in [-0.15, -0.1) is 0 Å². The number of hydrogen-bond acceptors (Lipinski definition) is 2. The van der Waals surface area contributed by atoms with Gasteiger partial charge in [0.05, 0.1) is 17.7 Å². The van der Waals surface area contributed by atoms with Crippen LogP contribution in [-0.4, -0.2) is 12.7 Å². The molecule has 2 heteroatoms. The van der Waals surface area contributed by atoms with Gasteiger partial charge in [-0.05, 0) is 68.6 Å². The number of allylic oxidation sites excluding steroid dienone is 2. The molecule has 1 aromatic carbocycles. The smallest absolute Gasteiger partial charge is 0.0991 e. The monoisotopic (exact) mass is 297 g/mol. The molecule has 1 fully saturated rings. The summed E-state index contributed by atoms with van der Waals surface area (Å²) in [6.45, 7) is 3.06. The number of benzene rings is 1. The maximum absolute atomic E-state index is 8.85. The molecule has 0 atom stereocenters. The molecular formula is C20H27NO. The van der Waals surface area contributed by atoms with Crippen molar-refractivity contribution in [1.82, 2.24) is 0 Å². The van der Waals surface area contributed by atoms with Gasteiger partial charge in [-0.2, -0.15) is 5.26 Å². The molecule has 1 saturated carbocycles. The second-order valence-electron chi connectivity index (χ2n) is 6.10. The van der Waals surface area contributed by atoms with Crippen LogP contribution in [0.3, 0.4) is 0 Å². The summed E-state index contributed by atoms with van der Waals surface area (Å²) >= 11 is 0. The van der Waals surface area contributed by atoms with Gasteiger partial charge in [-0.1, -0.05) is 31.2 Å². The van der Waals surface area contributed by atoms with E-state index >= 15 is 0 Å². The van der Waals surface area contributed by atoms with Crippen LogP contribution < -0.4 is 0 Å². The molecule has 2 nitrogen and oxygen atoms in total. The molecule has 0 saturated heterocycles. The van der Waals surface area contributed by atoms with Gasteiger partial charge in [-0.25, -0.2) is 0 Å². The number of nitriles is 1. The van der Waals surface area contributed by atoms with Crippen molar-refractivity contribution in [3.63, 3.8) is 0 Å². The molecule has 0 spiro atoms. The number of ether oxygens (including phenoxy) is 1. The highest BCUT2D eigenvalue weighted by Gasteiger charge is 2.22. The summed E-state index contributed by atoms with van der Waals surface area (Å²) in [5, 5.41) is 8.85. The Labute approximate surface area is 134 Å². The van der Waals surface area contributed by atoms with E-state index in [2.05, 4.69) is 37.3 Å². The van der Waals surface area contributed by atoms with E-state index in [-0.39, 0.29) is 0 Å². The summed E-state index contributed by atoms with van der Waals surface area (Å²) in [5.74, 6) is 0.639. The van der Waals surface area contributed by atoms with Crippen molar-refractivity contribution in [2.75, 3.05) is 6.61 Å². The zero-order valence-electron chi connectivity index (χ0n) is 13.6. The first kappa shape index (κ1) is 16.8. The van der Waals surface area contributed by atoms with Gasteiger partial charge in [0.25, 0.3) is 0 Å². The van der Waals surface area contributed by atoms with Crippen LogP contribution in [-0.2, 0) is 4.74 Å². The molecule has 22 heavy (non-hydrogen) atoms. The van der Waals surface area contributed by atoms with Crippen molar-refractivity contribution >= 4 is 0 Å². The van der Waals surface area contributed by atoms with E-state index < -0.39 is 0 Å².